The van der Waals surface area contributed by atoms with E-state index in [4.69, 9.17) is 5.11 Å². The molecule has 7 heteroatoms. The molecule has 2 rings (SSSR count). The Morgan fingerprint density at radius 3 is 2.64 bits per heavy atom. The maximum atomic E-state index is 13.4. The number of benzene rings is 1. The summed E-state index contributed by atoms with van der Waals surface area (Å²) < 4.78 is 13.4. The molecule has 0 unspecified atom stereocenters. The van der Waals surface area contributed by atoms with E-state index in [1.807, 2.05) is 11.8 Å². The first-order valence-corrected chi connectivity index (χ1v) is 7.27. The predicted molar refractivity (Wildman–Crippen MR) is 80.2 cm³/mol. The van der Waals surface area contributed by atoms with Crippen molar-refractivity contribution in [2.24, 2.45) is 0 Å². The highest BCUT2D eigenvalue weighted by Crippen LogP contribution is 2.25. The van der Waals surface area contributed by atoms with Crippen LogP contribution in [0.5, 0.6) is 0 Å². The van der Waals surface area contributed by atoms with E-state index in [9.17, 15) is 14.0 Å². The molecule has 120 valence electrons. The Labute approximate surface area is 128 Å². The molecule has 1 aliphatic rings. The smallest absolute Gasteiger partial charge is 0.319 e. The van der Waals surface area contributed by atoms with Crippen LogP contribution in [-0.4, -0.2) is 47.2 Å². The Balaban J connectivity index is 1.76. The first kappa shape index (κ1) is 16.2. The third-order valence-electron chi connectivity index (χ3n) is 3.83. The van der Waals surface area contributed by atoms with Gasteiger partial charge >= 0.3 is 12.0 Å². The third-order valence-corrected chi connectivity index (χ3v) is 3.83. The van der Waals surface area contributed by atoms with Crippen LogP contribution in [0, 0.1) is 5.82 Å². The molecule has 0 heterocycles. The van der Waals surface area contributed by atoms with Crippen molar-refractivity contribution in [2.75, 3.05) is 18.4 Å². The third kappa shape index (κ3) is 4.17. The van der Waals surface area contributed by atoms with Crippen LogP contribution in [0.15, 0.2) is 24.3 Å². The van der Waals surface area contributed by atoms with Gasteiger partial charge in [-0.15, -0.1) is 0 Å². The van der Waals surface area contributed by atoms with Crippen molar-refractivity contribution in [3.8, 4) is 0 Å². The lowest BCUT2D eigenvalue weighted by Gasteiger charge is -2.42. The predicted octanol–water partition coefficient (Wildman–Crippen LogP) is 1.88. The lowest BCUT2D eigenvalue weighted by molar-refractivity contribution is -0.139. The zero-order valence-electron chi connectivity index (χ0n) is 12.4. The molecule has 0 aliphatic heterocycles. The van der Waals surface area contributed by atoms with Crippen LogP contribution in [0.25, 0.3) is 0 Å². The topological polar surface area (TPSA) is 81.7 Å². The summed E-state index contributed by atoms with van der Waals surface area (Å²) in [6, 6.07) is 5.67. The maximum absolute atomic E-state index is 13.4. The van der Waals surface area contributed by atoms with Crippen molar-refractivity contribution in [3.05, 3.63) is 30.1 Å². The molecule has 2 amide bonds. The number of rotatable bonds is 6. The maximum Gasteiger partial charge on any atom is 0.319 e. The van der Waals surface area contributed by atoms with Crippen molar-refractivity contribution >= 4 is 17.7 Å². The number of likely N-dealkylation sites (N-methyl/N-ethyl adjacent to an activating group) is 1. The Kier molecular flexibility index (Phi) is 5.32. The van der Waals surface area contributed by atoms with Crippen LogP contribution in [0.1, 0.15) is 19.8 Å². The van der Waals surface area contributed by atoms with Crippen molar-refractivity contribution in [1.82, 2.24) is 10.2 Å². The second-order valence-electron chi connectivity index (χ2n) is 5.36. The highest BCUT2D eigenvalue weighted by molar-refractivity contribution is 5.89. The molecule has 0 atom stereocenters. The number of aliphatic carboxylic acids is 1. The number of carbonyl (C=O) groups is 2. The summed E-state index contributed by atoms with van der Waals surface area (Å²) in [6.45, 7) is 2.58. The minimum Gasteiger partial charge on any atom is -0.480 e. The zero-order chi connectivity index (χ0) is 16.1. The van der Waals surface area contributed by atoms with Gasteiger partial charge in [-0.3, -0.25) is 9.69 Å². The molecule has 22 heavy (non-hydrogen) atoms. The van der Waals surface area contributed by atoms with Crippen molar-refractivity contribution < 1.29 is 19.1 Å². The number of para-hydroxylation sites is 1. The van der Waals surface area contributed by atoms with Crippen molar-refractivity contribution in [3.63, 3.8) is 0 Å². The van der Waals surface area contributed by atoms with E-state index in [2.05, 4.69) is 10.6 Å². The second-order valence-corrected chi connectivity index (χ2v) is 5.36. The van der Waals surface area contributed by atoms with Gasteiger partial charge < -0.3 is 15.7 Å². The van der Waals surface area contributed by atoms with Gasteiger partial charge in [0, 0.05) is 12.1 Å². The molecule has 6 nitrogen and oxygen atoms in total. The second kappa shape index (κ2) is 7.22. The van der Waals surface area contributed by atoms with Gasteiger partial charge in [0.2, 0.25) is 0 Å². The minimum atomic E-state index is -0.851. The molecule has 0 bridgehead atoms. The van der Waals surface area contributed by atoms with Gasteiger partial charge in [-0.05, 0) is 31.5 Å². The number of hydrogen-bond acceptors (Lipinski definition) is 3. The van der Waals surface area contributed by atoms with Crippen LogP contribution in [0.2, 0.25) is 0 Å². The number of carboxylic acids is 1. The van der Waals surface area contributed by atoms with Crippen molar-refractivity contribution in [2.45, 2.75) is 31.8 Å². The van der Waals surface area contributed by atoms with E-state index in [0.29, 0.717) is 19.4 Å². The normalized spacial score (nSPS) is 20.3. The number of hydrogen-bond donors (Lipinski definition) is 3. The zero-order valence-corrected chi connectivity index (χ0v) is 12.4. The molecule has 0 radical (unpaired) electrons. The molecule has 0 aromatic heterocycles. The molecule has 0 saturated heterocycles. The summed E-state index contributed by atoms with van der Waals surface area (Å²) in [6.07, 6.45) is 1.40. The van der Waals surface area contributed by atoms with Crippen LogP contribution in [-0.2, 0) is 4.79 Å². The summed E-state index contributed by atoms with van der Waals surface area (Å²) in [5, 5.41) is 14.1. The summed E-state index contributed by atoms with van der Waals surface area (Å²) in [4.78, 5) is 24.4. The fraction of sp³-hybridized carbons (Fsp3) is 0.467. The minimum absolute atomic E-state index is 0.00924. The number of halogens is 1. The Bertz CT molecular complexity index is 547. The highest BCUT2D eigenvalue weighted by atomic mass is 19.1. The SMILES string of the molecule is CCN(CC(=O)O)C1CC(NC(=O)Nc2ccccc2F)C1. The van der Waals surface area contributed by atoms with Gasteiger partial charge in [0.1, 0.15) is 5.82 Å². The van der Waals surface area contributed by atoms with E-state index < -0.39 is 17.8 Å². The Hall–Kier alpha value is -2.15. The Morgan fingerprint density at radius 1 is 1.36 bits per heavy atom. The van der Waals surface area contributed by atoms with Gasteiger partial charge in [0.05, 0.1) is 12.2 Å². The van der Waals surface area contributed by atoms with E-state index >= 15 is 0 Å². The summed E-state index contributed by atoms with van der Waals surface area (Å²) in [5.74, 6) is -1.33. The van der Waals surface area contributed by atoms with Crippen LogP contribution in [0.4, 0.5) is 14.9 Å². The number of carboxylic acid groups (broad SMARTS) is 1. The molecule has 1 aliphatic carbocycles. The van der Waals surface area contributed by atoms with Gasteiger partial charge in [-0.25, -0.2) is 9.18 Å². The average molecular weight is 309 g/mol. The molecule has 3 N–H and O–H groups in total. The summed E-state index contributed by atoms with van der Waals surface area (Å²) >= 11 is 0. The number of carbonyl (C=O) groups excluding carboxylic acids is 1. The fourth-order valence-corrected chi connectivity index (χ4v) is 2.58. The monoisotopic (exact) mass is 309 g/mol. The summed E-state index contributed by atoms with van der Waals surface area (Å²) in [5.41, 5.74) is 0.136. The molecule has 1 aromatic rings. The number of urea groups is 1. The molecule has 1 fully saturated rings. The molecule has 1 aromatic carbocycles. The first-order valence-electron chi connectivity index (χ1n) is 7.27. The van der Waals surface area contributed by atoms with Crippen LogP contribution >= 0.6 is 0 Å². The number of nitrogens with zero attached hydrogens (tertiary/aromatic N) is 1. The summed E-state index contributed by atoms with van der Waals surface area (Å²) in [7, 11) is 0. The van der Waals surface area contributed by atoms with Gasteiger partial charge in [-0.2, -0.15) is 0 Å². The lowest BCUT2D eigenvalue weighted by Crippen LogP contribution is -2.55. The highest BCUT2D eigenvalue weighted by Gasteiger charge is 2.34. The van der Waals surface area contributed by atoms with Gasteiger partial charge in [0.25, 0.3) is 0 Å². The fourth-order valence-electron chi connectivity index (χ4n) is 2.58. The molecule has 0 spiro atoms. The van der Waals surface area contributed by atoms with Gasteiger partial charge in [0.15, 0.2) is 0 Å². The standard InChI is InChI=1S/C15H20FN3O3/c1-2-19(9-14(20)21)11-7-10(8-11)17-15(22)18-13-6-4-3-5-12(13)16/h3-6,10-11H,2,7-9H2,1H3,(H,20,21)(H2,17,18,22). The van der Waals surface area contributed by atoms with E-state index in [-0.39, 0.29) is 24.3 Å². The number of nitrogens with one attached hydrogen (secondary N) is 2. The van der Waals surface area contributed by atoms with E-state index in [1.165, 1.54) is 12.1 Å². The van der Waals surface area contributed by atoms with E-state index in [1.54, 1.807) is 12.1 Å². The Morgan fingerprint density at radius 2 is 2.05 bits per heavy atom. The van der Waals surface area contributed by atoms with Crippen LogP contribution in [0.3, 0.4) is 0 Å². The van der Waals surface area contributed by atoms with Crippen LogP contribution < -0.4 is 10.6 Å². The van der Waals surface area contributed by atoms with Gasteiger partial charge in [-0.1, -0.05) is 19.1 Å². The average Bonchev–Trinajstić information content (AvgIpc) is 2.42. The largest absolute Gasteiger partial charge is 0.480 e. The number of amides is 2. The molecular formula is C15H20FN3O3. The molecular weight excluding hydrogens is 289 g/mol. The quantitative estimate of drug-likeness (QED) is 0.749. The molecule has 1 saturated carbocycles. The first-order chi connectivity index (χ1) is 10.5. The lowest BCUT2D eigenvalue weighted by atomic mass is 9.85. The van der Waals surface area contributed by atoms with Crippen molar-refractivity contribution in [1.29, 1.82) is 0 Å². The van der Waals surface area contributed by atoms with E-state index in [0.717, 1.165) is 0 Å². The number of anilines is 1.